The Kier molecular flexibility index (Phi) is 6.57. The highest BCUT2D eigenvalue weighted by Crippen LogP contribution is 2.19. The van der Waals surface area contributed by atoms with Crippen LogP contribution in [0.1, 0.15) is 12.0 Å². The summed E-state index contributed by atoms with van der Waals surface area (Å²) in [6.45, 7) is 2.64. The van der Waals surface area contributed by atoms with Gasteiger partial charge in [-0.05, 0) is 48.4 Å². The average Bonchev–Trinajstić information content (AvgIpc) is 2.81. The summed E-state index contributed by atoms with van der Waals surface area (Å²) < 4.78 is 13.3. The van der Waals surface area contributed by atoms with Gasteiger partial charge < -0.3 is 15.1 Å². The predicted octanol–water partition coefficient (Wildman–Crippen LogP) is 3.69. The van der Waals surface area contributed by atoms with E-state index in [1.54, 1.807) is 24.5 Å². The molecule has 9 heteroatoms. The van der Waals surface area contributed by atoms with E-state index in [1.807, 2.05) is 29.2 Å². The van der Waals surface area contributed by atoms with Crippen molar-refractivity contribution in [3.63, 3.8) is 0 Å². The number of aryl methyl sites for hydroxylation is 1. The van der Waals surface area contributed by atoms with Crippen molar-refractivity contribution >= 4 is 34.8 Å². The van der Waals surface area contributed by atoms with Crippen molar-refractivity contribution in [1.82, 2.24) is 20.1 Å². The van der Waals surface area contributed by atoms with Crippen molar-refractivity contribution in [3.8, 4) is 0 Å². The number of carbonyl (C=O) groups excluding carboxylic acids is 1. The van der Waals surface area contributed by atoms with Gasteiger partial charge in [0.2, 0.25) is 5.91 Å². The second-order valence-corrected chi connectivity index (χ2v) is 7.66. The Morgan fingerprint density at radius 3 is 2.48 bits per heavy atom. The number of nitrogens with one attached hydrogen (secondary N) is 1. The van der Waals surface area contributed by atoms with E-state index in [1.165, 1.54) is 6.07 Å². The van der Waals surface area contributed by atoms with Gasteiger partial charge in [0.15, 0.2) is 11.6 Å². The first-order valence-corrected chi connectivity index (χ1v) is 10.4. The normalized spacial score (nSPS) is 13.9. The van der Waals surface area contributed by atoms with Crippen molar-refractivity contribution in [3.05, 3.63) is 71.3 Å². The van der Waals surface area contributed by atoms with Crippen LogP contribution in [0.15, 0.2) is 54.9 Å². The molecular weight excluding hydrogens is 419 g/mol. The molecule has 0 atom stereocenters. The summed E-state index contributed by atoms with van der Waals surface area (Å²) in [6, 6.07) is 12.1. The molecule has 1 fully saturated rings. The number of amides is 1. The average molecular weight is 441 g/mol. The predicted molar refractivity (Wildman–Crippen MR) is 118 cm³/mol. The zero-order valence-electron chi connectivity index (χ0n) is 16.8. The van der Waals surface area contributed by atoms with Crippen LogP contribution in [-0.2, 0) is 11.2 Å². The monoisotopic (exact) mass is 440 g/mol. The van der Waals surface area contributed by atoms with Gasteiger partial charge in [0.1, 0.15) is 5.82 Å². The number of carbonyl (C=O) groups is 1. The zero-order valence-corrected chi connectivity index (χ0v) is 17.6. The Morgan fingerprint density at radius 1 is 1.03 bits per heavy atom. The van der Waals surface area contributed by atoms with Gasteiger partial charge in [0.25, 0.3) is 0 Å². The number of anilines is 3. The van der Waals surface area contributed by atoms with Crippen molar-refractivity contribution < 1.29 is 9.18 Å². The summed E-state index contributed by atoms with van der Waals surface area (Å²) in [5.41, 5.74) is 1.75. The second-order valence-electron chi connectivity index (χ2n) is 7.25. The van der Waals surface area contributed by atoms with Crippen molar-refractivity contribution in [2.75, 3.05) is 36.4 Å². The molecule has 3 aromatic rings. The van der Waals surface area contributed by atoms with Crippen LogP contribution in [0.2, 0.25) is 5.02 Å². The van der Waals surface area contributed by atoms with Crippen molar-refractivity contribution in [2.45, 2.75) is 12.8 Å². The lowest BCUT2D eigenvalue weighted by Crippen LogP contribution is -2.49. The van der Waals surface area contributed by atoms with Crippen LogP contribution in [0.3, 0.4) is 0 Å². The number of piperazine rings is 1. The van der Waals surface area contributed by atoms with Gasteiger partial charge in [-0.15, -0.1) is 10.2 Å². The number of hydrogen-bond acceptors (Lipinski definition) is 6. The molecule has 0 aliphatic carbocycles. The molecule has 160 valence electrons. The van der Waals surface area contributed by atoms with Crippen LogP contribution in [0, 0.1) is 5.82 Å². The SMILES string of the molecule is O=C(CCc1ccc(F)c(Cl)c1)N1CCN(c2ccc(Nc3ccncc3)nn2)CC1. The first-order chi connectivity index (χ1) is 15.1. The summed E-state index contributed by atoms with van der Waals surface area (Å²) >= 11 is 5.81. The maximum absolute atomic E-state index is 13.3. The topological polar surface area (TPSA) is 74.2 Å². The highest BCUT2D eigenvalue weighted by molar-refractivity contribution is 6.30. The highest BCUT2D eigenvalue weighted by Gasteiger charge is 2.22. The molecule has 0 spiro atoms. The van der Waals surface area contributed by atoms with Crippen LogP contribution in [-0.4, -0.2) is 52.2 Å². The van der Waals surface area contributed by atoms with Gasteiger partial charge in [-0.25, -0.2) is 4.39 Å². The molecule has 1 aromatic carbocycles. The molecule has 3 heterocycles. The number of hydrogen-bond donors (Lipinski definition) is 1. The van der Waals surface area contributed by atoms with E-state index in [0.29, 0.717) is 44.8 Å². The van der Waals surface area contributed by atoms with E-state index in [4.69, 9.17) is 11.6 Å². The Bertz CT molecular complexity index is 1030. The Labute approximate surface area is 184 Å². The third-order valence-corrected chi connectivity index (χ3v) is 5.46. The van der Waals surface area contributed by atoms with Crippen LogP contribution in [0.5, 0.6) is 0 Å². The summed E-state index contributed by atoms with van der Waals surface area (Å²) in [5.74, 6) is 1.08. The first-order valence-electron chi connectivity index (χ1n) is 10.1. The largest absolute Gasteiger partial charge is 0.352 e. The zero-order chi connectivity index (χ0) is 21.6. The Morgan fingerprint density at radius 2 is 1.81 bits per heavy atom. The fourth-order valence-electron chi connectivity index (χ4n) is 3.43. The summed E-state index contributed by atoms with van der Waals surface area (Å²) in [6.07, 6.45) is 4.33. The molecule has 7 nitrogen and oxygen atoms in total. The minimum absolute atomic E-state index is 0.0849. The van der Waals surface area contributed by atoms with Crippen molar-refractivity contribution in [2.24, 2.45) is 0 Å². The minimum Gasteiger partial charge on any atom is -0.352 e. The second kappa shape index (κ2) is 9.70. The molecule has 1 saturated heterocycles. The molecule has 1 aliphatic heterocycles. The van der Waals surface area contributed by atoms with Gasteiger partial charge >= 0.3 is 0 Å². The minimum atomic E-state index is -0.447. The number of nitrogens with zero attached hydrogens (tertiary/aromatic N) is 5. The molecular formula is C22H22ClFN6O. The number of pyridine rings is 1. The lowest BCUT2D eigenvalue weighted by molar-refractivity contribution is -0.131. The molecule has 1 aliphatic rings. The van der Waals surface area contributed by atoms with E-state index in [2.05, 4.69) is 25.4 Å². The van der Waals surface area contributed by atoms with Gasteiger partial charge in [-0.2, -0.15) is 0 Å². The summed E-state index contributed by atoms with van der Waals surface area (Å²) in [4.78, 5) is 20.5. The Hall–Kier alpha value is -3.26. The van der Waals surface area contributed by atoms with Crippen molar-refractivity contribution in [1.29, 1.82) is 0 Å². The van der Waals surface area contributed by atoms with Gasteiger partial charge in [-0.3, -0.25) is 9.78 Å². The fraction of sp³-hybridized carbons (Fsp3) is 0.273. The molecule has 0 bridgehead atoms. The molecule has 0 radical (unpaired) electrons. The van der Waals surface area contributed by atoms with Crippen LogP contribution < -0.4 is 10.2 Å². The van der Waals surface area contributed by atoms with E-state index in [0.717, 1.165) is 17.1 Å². The van der Waals surface area contributed by atoms with E-state index < -0.39 is 5.82 Å². The van der Waals surface area contributed by atoms with Crippen LogP contribution in [0.25, 0.3) is 0 Å². The van der Waals surface area contributed by atoms with E-state index >= 15 is 0 Å². The molecule has 31 heavy (non-hydrogen) atoms. The fourth-order valence-corrected chi connectivity index (χ4v) is 3.64. The third-order valence-electron chi connectivity index (χ3n) is 5.17. The summed E-state index contributed by atoms with van der Waals surface area (Å²) in [5, 5.41) is 11.8. The molecule has 2 aromatic heterocycles. The van der Waals surface area contributed by atoms with E-state index in [-0.39, 0.29) is 10.9 Å². The number of halogens is 2. The van der Waals surface area contributed by atoms with Crippen LogP contribution in [0.4, 0.5) is 21.7 Å². The highest BCUT2D eigenvalue weighted by atomic mass is 35.5. The molecule has 4 rings (SSSR count). The number of rotatable bonds is 6. The quantitative estimate of drug-likeness (QED) is 0.630. The first kappa shape index (κ1) is 21.0. The van der Waals surface area contributed by atoms with E-state index in [9.17, 15) is 9.18 Å². The van der Waals surface area contributed by atoms with Gasteiger partial charge in [0.05, 0.1) is 5.02 Å². The molecule has 1 amide bonds. The molecule has 0 saturated carbocycles. The standard InChI is InChI=1S/C22H22ClFN6O/c23-18-15-16(1-3-19(18)24)2-6-22(31)30-13-11-29(12-14-30)21-5-4-20(27-28-21)26-17-7-9-25-10-8-17/h1,3-5,7-10,15H,2,6,11-14H2,(H,25,26,27). The number of aromatic nitrogens is 3. The number of benzene rings is 1. The third kappa shape index (κ3) is 5.46. The molecule has 0 unspecified atom stereocenters. The molecule has 1 N–H and O–H groups in total. The van der Waals surface area contributed by atoms with Gasteiger partial charge in [0, 0.05) is 50.7 Å². The maximum atomic E-state index is 13.3. The van der Waals surface area contributed by atoms with Crippen LogP contribution >= 0.6 is 11.6 Å². The summed E-state index contributed by atoms with van der Waals surface area (Å²) in [7, 11) is 0. The maximum Gasteiger partial charge on any atom is 0.223 e. The lowest BCUT2D eigenvalue weighted by atomic mass is 10.1. The van der Waals surface area contributed by atoms with Gasteiger partial charge in [-0.1, -0.05) is 17.7 Å². The lowest BCUT2D eigenvalue weighted by Gasteiger charge is -2.35. The smallest absolute Gasteiger partial charge is 0.223 e. The Balaban J connectivity index is 1.26.